The van der Waals surface area contributed by atoms with E-state index in [4.69, 9.17) is 4.74 Å². The Morgan fingerprint density at radius 1 is 0.795 bits per heavy atom. The summed E-state index contributed by atoms with van der Waals surface area (Å²) < 4.78 is 7.45. The van der Waals surface area contributed by atoms with Gasteiger partial charge in [0.25, 0.3) is 0 Å². The Bertz CT molecular complexity index is 1080. The number of hydrogen-bond acceptors (Lipinski definition) is 5. The number of nitrogens with zero attached hydrogens (tertiary/aromatic N) is 2. The van der Waals surface area contributed by atoms with E-state index in [0.717, 1.165) is 19.3 Å². The van der Waals surface area contributed by atoms with Gasteiger partial charge in [0.2, 0.25) is 0 Å². The lowest BCUT2D eigenvalue weighted by Crippen LogP contribution is -2.67. The second kappa shape index (κ2) is 7.95. The molecule has 0 aromatic rings. The van der Waals surface area contributed by atoms with Gasteiger partial charge in [0.05, 0.1) is 24.3 Å². The highest BCUT2D eigenvalue weighted by molar-refractivity contribution is 5.40. The third-order valence-corrected chi connectivity index (χ3v) is 17.0. The van der Waals surface area contributed by atoms with Crippen molar-refractivity contribution in [1.82, 2.24) is 0 Å². The van der Waals surface area contributed by atoms with Crippen molar-refractivity contribution >= 4 is 0 Å². The minimum Gasteiger partial charge on any atom is -0.368 e. The molecule has 5 aliphatic carbocycles. The maximum absolute atomic E-state index is 11.2. The minimum atomic E-state index is -0.115. The molecular formula is C34H56N2O3. The average Bonchev–Trinajstić information content (AvgIpc) is 3.36. The van der Waals surface area contributed by atoms with E-state index in [2.05, 4.69) is 72.7 Å². The fourth-order valence-electron chi connectivity index (χ4n) is 14.0. The van der Waals surface area contributed by atoms with Gasteiger partial charge in [-0.3, -0.25) is 0 Å². The van der Waals surface area contributed by atoms with Crippen LogP contribution in [0.2, 0.25) is 0 Å². The van der Waals surface area contributed by atoms with Crippen LogP contribution in [0, 0.1) is 65.5 Å². The van der Waals surface area contributed by atoms with Crippen LogP contribution < -0.4 is 0 Å². The molecule has 2 unspecified atom stereocenters. The molecule has 0 aromatic heterocycles. The number of rotatable bonds is 7. The molecule has 5 nitrogen and oxygen atoms in total. The van der Waals surface area contributed by atoms with Gasteiger partial charge < -0.3 is 4.74 Å². The van der Waals surface area contributed by atoms with Crippen LogP contribution in [0.5, 0.6) is 0 Å². The maximum atomic E-state index is 11.2. The summed E-state index contributed by atoms with van der Waals surface area (Å²) in [6.07, 6.45) is 13.2. The van der Waals surface area contributed by atoms with E-state index in [1.165, 1.54) is 51.4 Å². The predicted octanol–water partition coefficient (Wildman–Crippen LogP) is 9.32. The molecule has 0 bridgehead atoms. The van der Waals surface area contributed by atoms with Crippen LogP contribution in [0.3, 0.4) is 0 Å². The van der Waals surface area contributed by atoms with Crippen LogP contribution in [0.25, 0.3) is 0 Å². The highest BCUT2D eigenvalue weighted by Gasteiger charge is 2.92. The van der Waals surface area contributed by atoms with Gasteiger partial charge in [-0.15, -0.1) is 0 Å². The molecule has 0 amide bonds. The summed E-state index contributed by atoms with van der Waals surface area (Å²) in [6.45, 7) is 24.0. The summed E-state index contributed by atoms with van der Waals surface area (Å²) in [5, 5.41) is 6.51. The molecule has 6 aliphatic rings. The second-order valence-electron chi connectivity index (χ2n) is 17.7. The van der Waals surface area contributed by atoms with Gasteiger partial charge in [-0.25, -0.2) is 0 Å². The van der Waals surface area contributed by atoms with Gasteiger partial charge in [0.15, 0.2) is 0 Å². The van der Waals surface area contributed by atoms with E-state index in [0.29, 0.717) is 47.1 Å². The maximum Gasteiger partial charge on any atom is 0.0839 e. The topological polar surface area (TPSA) is 68.1 Å². The van der Waals surface area contributed by atoms with Crippen molar-refractivity contribution in [3.8, 4) is 0 Å². The van der Waals surface area contributed by atoms with E-state index >= 15 is 0 Å². The average molecular weight is 541 g/mol. The van der Waals surface area contributed by atoms with Crippen LogP contribution in [0.1, 0.15) is 133 Å². The third-order valence-electron chi connectivity index (χ3n) is 17.0. The predicted molar refractivity (Wildman–Crippen MR) is 157 cm³/mol. The van der Waals surface area contributed by atoms with Crippen molar-refractivity contribution < 1.29 is 4.74 Å². The largest absolute Gasteiger partial charge is 0.368 e. The first-order valence-corrected chi connectivity index (χ1v) is 16.3. The summed E-state index contributed by atoms with van der Waals surface area (Å²) >= 11 is 0. The standard InChI is InChI=1S/C34H56N2O3/c1-23(19-35-37)10-15-34-22-31(34,7)33(9)30(6)17-16-27(3)25(28(30,4)21-32(33,8)39-34)12-13-26(2)18-24(20-36-38)11-14-29(26,27)5/h23-25H,10-22H2,1-9H3/t23-,24?,25?,26+,27-,28-,29-,30-,31-,32+,33+,34+/m0/s1. The summed E-state index contributed by atoms with van der Waals surface area (Å²) in [6, 6.07) is 0. The van der Waals surface area contributed by atoms with E-state index < -0.39 is 0 Å². The number of ether oxygens (including phenoxy) is 1. The first-order chi connectivity index (χ1) is 18.0. The zero-order chi connectivity index (χ0) is 28.5. The molecule has 0 radical (unpaired) electrons. The van der Waals surface area contributed by atoms with Crippen molar-refractivity contribution in [3.05, 3.63) is 9.81 Å². The lowest BCUT2D eigenvalue weighted by atomic mass is 9.31. The third kappa shape index (κ3) is 2.89. The highest BCUT2D eigenvalue weighted by atomic mass is 16.5. The summed E-state index contributed by atoms with van der Waals surface area (Å²) in [7, 11) is 0. The van der Waals surface area contributed by atoms with Gasteiger partial charge >= 0.3 is 0 Å². The number of fused-ring (bicyclic) bond motifs is 9. The lowest BCUT2D eigenvalue weighted by molar-refractivity contribution is -0.250. The molecular weight excluding hydrogens is 484 g/mol. The Hall–Kier alpha value is -0.840. The van der Waals surface area contributed by atoms with E-state index in [-0.39, 0.29) is 32.9 Å². The van der Waals surface area contributed by atoms with Crippen molar-refractivity contribution in [2.75, 3.05) is 13.1 Å². The Morgan fingerprint density at radius 2 is 1.51 bits per heavy atom. The Morgan fingerprint density at radius 3 is 2.18 bits per heavy atom. The summed E-state index contributed by atoms with van der Waals surface area (Å²) in [4.78, 5) is 22.1. The van der Waals surface area contributed by atoms with Crippen LogP contribution in [0.4, 0.5) is 0 Å². The second-order valence-corrected chi connectivity index (χ2v) is 17.7. The monoisotopic (exact) mass is 540 g/mol. The number of nitroso groups, excluding NO2 is 2. The molecule has 5 heteroatoms. The molecule has 6 rings (SSSR count). The van der Waals surface area contributed by atoms with Crippen LogP contribution in [-0.4, -0.2) is 24.3 Å². The fraction of sp³-hybridized carbons (Fsp3) is 1.00. The van der Waals surface area contributed by atoms with Crippen LogP contribution >= 0.6 is 0 Å². The smallest absolute Gasteiger partial charge is 0.0839 e. The molecule has 1 saturated heterocycles. The lowest BCUT2D eigenvalue weighted by Gasteiger charge is -2.73. The van der Waals surface area contributed by atoms with E-state index in [1.54, 1.807) is 0 Å². The van der Waals surface area contributed by atoms with Crippen molar-refractivity contribution in [1.29, 1.82) is 0 Å². The molecule has 0 N–H and O–H groups in total. The Balaban J connectivity index is 1.34. The Kier molecular flexibility index (Phi) is 5.77. The van der Waals surface area contributed by atoms with Gasteiger partial charge in [-0.05, 0) is 122 Å². The highest BCUT2D eigenvalue weighted by Crippen LogP contribution is 2.92. The quantitative estimate of drug-likeness (QED) is 0.302. The molecule has 1 heterocycles. The van der Waals surface area contributed by atoms with E-state index in [1.807, 2.05) is 0 Å². The number of hydrogen-bond donors (Lipinski definition) is 0. The Labute approximate surface area is 237 Å². The summed E-state index contributed by atoms with van der Waals surface area (Å²) in [5.74, 6) is 1.49. The van der Waals surface area contributed by atoms with Crippen molar-refractivity contribution in [2.24, 2.45) is 66.0 Å². The first kappa shape index (κ1) is 28.3. The van der Waals surface area contributed by atoms with Gasteiger partial charge in [-0.2, -0.15) is 9.81 Å². The first-order valence-electron chi connectivity index (χ1n) is 16.3. The molecule has 220 valence electrons. The molecule has 6 fully saturated rings. The van der Waals surface area contributed by atoms with Crippen LogP contribution in [0.15, 0.2) is 10.4 Å². The molecule has 1 aliphatic heterocycles. The fourth-order valence-corrected chi connectivity index (χ4v) is 14.0. The van der Waals surface area contributed by atoms with Gasteiger partial charge in [-0.1, -0.05) is 65.7 Å². The van der Waals surface area contributed by atoms with Crippen molar-refractivity contribution in [2.45, 2.75) is 144 Å². The molecule has 5 saturated carbocycles. The van der Waals surface area contributed by atoms with E-state index in [9.17, 15) is 9.81 Å². The van der Waals surface area contributed by atoms with Gasteiger partial charge in [0.1, 0.15) is 0 Å². The SMILES string of the molecule is C[C@@H](CC[C@@]12C[C@@]1(C)[C@@]1(C)[C@@]3(C)CC[C@@]4(C)C(CC[C@]5(C)CC(CN=O)CC[C@@]54C)[C@]3(C)C[C@@]1(C)O2)CN=O. The minimum absolute atomic E-state index is 0.0269. The summed E-state index contributed by atoms with van der Waals surface area (Å²) in [5.41, 5.74) is 1.53. The van der Waals surface area contributed by atoms with Crippen molar-refractivity contribution in [3.63, 3.8) is 0 Å². The zero-order valence-corrected chi connectivity index (χ0v) is 26.5. The molecule has 0 spiro atoms. The molecule has 39 heavy (non-hydrogen) atoms. The zero-order valence-electron chi connectivity index (χ0n) is 26.5. The van der Waals surface area contributed by atoms with Gasteiger partial charge in [0, 0.05) is 10.8 Å². The molecule has 0 aromatic carbocycles. The molecule has 12 atom stereocenters. The normalized spacial score (nSPS) is 59.8. The van der Waals surface area contributed by atoms with Crippen LogP contribution in [-0.2, 0) is 4.74 Å².